The van der Waals surface area contributed by atoms with Crippen molar-refractivity contribution in [3.8, 4) is 0 Å². The summed E-state index contributed by atoms with van der Waals surface area (Å²) < 4.78 is 26.7. The summed E-state index contributed by atoms with van der Waals surface area (Å²) in [4.78, 5) is 0. The first-order valence-electron chi connectivity index (χ1n) is 8.09. The van der Waals surface area contributed by atoms with Crippen LogP contribution in [0.5, 0.6) is 0 Å². The third-order valence-electron chi connectivity index (χ3n) is 5.33. The van der Waals surface area contributed by atoms with Gasteiger partial charge in [-0.1, -0.05) is 27.2 Å². The van der Waals surface area contributed by atoms with Gasteiger partial charge in [0.2, 0.25) is 0 Å². The molecule has 1 aromatic carbocycles. The van der Waals surface area contributed by atoms with Gasteiger partial charge in [0.15, 0.2) is 0 Å². The Morgan fingerprint density at radius 3 is 2.43 bits per heavy atom. The fourth-order valence-electron chi connectivity index (χ4n) is 3.30. The van der Waals surface area contributed by atoms with Gasteiger partial charge in [0.1, 0.15) is 11.6 Å². The molecule has 1 nitrogen and oxygen atoms in total. The maximum atomic E-state index is 13.6. The van der Waals surface area contributed by atoms with Gasteiger partial charge in [-0.15, -0.1) is 0 Å². The van der Waals surface area contributed by atoms with Crippen LogP contribution in [-0.4, -0.2) is 6.04 Å². The molecule has 0 spiro atoms. The van der Waals surface area contributed by atoms with Crippen LogP contribution in [0.3, 0.4) is 0 Å². The fraction of sp³-hybridized carbons (Fsp3) is 0.667. The van der Waals surface area contributed by atoms with E-state index in [2.05, 4.69) is 26.1 Å². The van der Waals surface area contributed by atoms with E-state index in [0.29, 0.717) is 23.6 Å². The van der Waals surface area contributed by atoms with Crippen molar-refractivity contribution in [2.24, 2.45) is 11.3 Å². The minimum absolute atomic E-state index is 0.329. The molecule has 118 valence electrons. The first kappa shape index (κ1) is 16.4. The zero-order chi connectivity index (χ0) is 15.5. The van der Waals surface area contributed by atoms with Gasteiger partial charge in [-0.05, 0) is 55.2 Å². The molecule has 1 N–H and O–H groups in total. The molecule has 0 heterocycles. The molecule has 0 amide bonds. The smallest absolute Gasteiger partial charge is 0.127 e. The molecule has 21 heavy (non-hydrogen) atoms. The predicted octanol–water partition coefficient (Wildman–Crippen LogP) is 5.05. The second kappa shape index (κ2) is 6.87. The van der Waals surface area contributed by atoms with E-state index >= 15 is 0 Å². The lowest BCUT2D eigenvalue weighted by Crippen LogP contribution is -2.36. The highest BCUT2D eigenvalue weighted by Crippen LogP contribution is 2.40. The molecule has 0 aliphatic heterocycles. The molecule has 0 atom stereocenters. The Kier molecular flexibility index (Phi) is 5.37. The molecule has 0 saturated heterocycles. The summed E-state index contributed by atoms with van der Waals surface area (Å²) in [5.41, 5.74) is 0.839. The van der Waals surface area contributed by atoms with E-state index in [1.165, 1.54) is 31.4 Å². The molecule has 1 saturated carbocycles. The van der Waals surface area contributed by atoms with Gasteiger partial charge in [-0.3, -0.25) is 0 Å². The number of nitrogens with one attached hydrogen (secondary N) is 1. The van der Waals surface area contributed by atoms with E-state index in [4.69, 9.17) is 0 Å². The number of benzene rings is 1. The van der Waals surface area contributed by atoms with Crippen LogP contribution in [0.2, 0.25) is 0 Å². The van der Waals surface area contributed by atoms with Crippen LogP contribution in [0, 0.1) is 23.0 Å². The average molecular weight is 295 g/mol. The number of rotatable bonds is 5. The molecule has 0 unspecified atom stereocenters. The minimum Gasteiger partial charge on any atom is -0.310 e. The van der Waals surface area contributed by atoms with Crippen molar-refractivity contribution in [2.45, 2.75) is 65.5 Å². The highest BCUT2D eigenvalue weighted by Gasteiger charge is 2.31. The van der Waals surface area contributed by atoms with E-state index in [1.54, 1.807) is 0 Å². The Morgan fingerprint density at radius 2 is 1.81 bits per heavy atom. The fourth-order valence-corrected chi connectivity index (χ4v) is 3.30. The van der Waals surface area contributed by atoms with Gasteiger partial charge >= 0.3 is 0 Å². The van der Waals surface area contributed by atoms with E-state index < -0.39 is 0 Å². The van der Waals surface area contributed by atoms with Crippen LogP contribution in [0.1, 0.15) is 58.4 Å². The number of halogens is 2. The van der Waals surface area contributed by atoms with Crippen molar-refractivity contribution >= 4 is 0 Å². The van der Waals surface area contributed by atoms with E-state index in [-0.39, 0.29) is 11.6 Å². The second-order valence-corrected chi connectivity index (χ2v) is 7.01. The van der Waals surface area contributed by atoms with Crippen LogP contribution in [0.25, 0.3) is 0 Å². The van der Waals surface area contributed by atoms with E-state index in [1.807, 2.05) is 0 Å². The molecule has 1 aliphatic carbocycles. The van der Waals surface area contributed by atoms with Gasteiger partial charge in [0.25, 0.3) is 0 Å². The Morgan fingerprint density at radius 1 is 1.14 bits per heavy atom. The van der Waals surface area contributed by atoms with Crippen LogP contribution < -0.4 is 5.32 Å². The molecule has 0 radical (unpaired) electrons. The first-order valence-corrected chi connectivity index (χ1v) is 8.09. The quantitative estimate of drug-likeness (QED) is 0.801. The van der Waals surface area contributed by atoms with Crippen LogP contribution in [-0.2, 0) is 6.54 Å². The third kappa shape index (κ3) is 4.26. The summed E-state index contributed by atoms with van der Waals surface area (Å²) in [7, 11) is 0. The second-order valence-electron chi connectivity index (χ2n) is 7.01. The Hall–Kier alpha value is -0.960. The molecule has 1 fully saturated rings. The van der Waals surface area contributed by atoms with Crippen LogP contribution >= 0.6 is 0 Å². The standard InChI is InChI=1S/C18H27F2N/c1-4-18(2,3)14-5-8-16(9-6-14)21-12-13-11-15(19)7-10-17(13)20/h7,10-11,14,16,21H,4-6,8-9,12H2,1-3H3. The van der Waals surface area contributed by atoms with Crippen molar-refractivity contribution in [2.75, 3.05) is 0 Å². The Labute approximate surface area is 127 Å². The summed E-state index contributed by atoms with van der Waals surface area (Å²) in [6, 6.07) is 4.08. The lowest BCUT2D eigenvalue weighted by molar-refractivity contribution is 0.136. The SMILES string of the molecule is CCC(C)(C)C1CCC(NCc2cc(F)ccc2F)CC1. The lowest BCUT2D eigenvalue weighted by atomic mass is 9.69. The normalized spacial score (nSPS) is 23.3. The largest absolute Gasteiger partial charge is 0.310 e. The Balaban J connectivity index is 1.83. The van der Waals surface area contributed by atoms with Crippen molar-refractivity contribution in [3.63, 3.8) is 0 Å². The molecule has 1 aliphatic rings. The summed E-state index contributed by atoms with van der Waals surface area (Å²) >= 11 is 0. The zero-order valence-corrected chi connectivity index (χ0v) is 13.4. The van der Waals surface area contributed by atoms with Crippen LogP contribution in [0.4, 0.5) is 8.78 Å². The van der Waals surface area contributed by atoms with Crippen molar-refractivity contribution in [1.29, 1.82) is 0 Å². The van der Waals surface area contributed by atoms with Gasteiger partial charge in [-0.25, -0.2) is 8.78 Å². The van der Waals surface area contributed by atoms with Gasteiger partial charge in [0, 0.05) is 18.2 Å². The van der Waals surface area contributed by atoms with Crippen molar-refractivity contribution in [1.82, 2.24) is 5.32 Å². The Bertz CT molecular complexity index is 462. The van der Waals surface area contributed by atoms with Crippen molar-refractivity contribution in [3.05, 3.63) is 35.4 Å². The summed E-state index contributed by atoms with van der Waals surface area (Å²) in [5.74, 6) is 0.0813. The molecular weight excluding hydrogens is 268 g/mol. The monoisotopic (exact) mass is 295 g/mol. The highest BCUT2D eigenvalue weighted by atomic mass is 19.1. The number of hydrogen-bond donors (Lipinski definition) is 1. The van der Waals surface area contributed by atoms with Gasteiger partial charge < -0.3 is 5.32 Å². The van der Waals surface area contributed by atoms with Gasteiger partial charge in [0.05, 0.1) is 0 Å². The van der Waals surface area contributed by atoms with Crippen molar-refractivity contribution < 1.29 is 8.78 Å². The molecule has 3 heteroatoms. The summed E-state index contributed by atoms with van der Waals surface area (Å²) in [5, 5.41) is 3.39. The molecule has 0 aromatic heterocycles. The van der Waals surface area contributed by atoms with Crippen LogP contribution in [0.15, 0.2) is 18.2 Å². The average Bonchev–Trinajstić information content (AvgIpc) is 2.48. The lowest BCUT2D eigenvalue weighted by Gasteiger charge is -2.39. The predicted molar refractivity (Wildman–Crippen MR) is 83.0 cm³/mol. The molecule has 1 aromatic rings. The van der Waals surface area contributed by atoms with E-state index in [0.717, 1.165) is 24.8 Å². The summed E-state index contributed by atoms with van der Waals surface area (Å²) in [6.07, 6.45) is 5.93. The number of hydrogen-bond acceptors (Lipinski definition) is 1. The molecule has 0 bridgehead atoms. The molecule has 2 rings (SSSR count). The maximum absolute atomic E-state index is 13.6. The topological polar surface area (TPSA) is 12.0 Å². The van der Waals surface area contributed by atoms with Gasteiger partial charge in [-0.2, -0.15) is 0 Å². The molecular formula is C18H27F2N. The van der Waals surface area contributed by atoms with E-state index in [9.17, 15) is 8.78 Å². The maximum Gasteiger partial charge on any atom is 0.127 e. The third-order valence-corrected chi connectivity index (χ3v) is 5.33. The first-order chi connectivity index (χ1) is 9.92. The minimum atomic E-state index is -0.374. The highest BCUT2D eigenvalue weighted by molar-refractivity contribution is 5.18. The summed E-state index contributed by atoms with van der Waals surface area (Å²) in [6.45, 7) is 7.38. The zero-order valence-electron chi connectivity index (χ0n) is 13.4.